The van der Waals surface area contributed by atoms with Gasteiger partial charge in [0.05, 0.1) is 24.0 Å². The second-order valence-electron chi connectivity index (χ2n) is 14.7. The maximum Gasteiger partial charge on any atom is 0.319 e. The van der Waals surface area contributed by atoms with Crippen LogP contribution in [0.15, 0.2) is 30.3 Å². The lowest BCUT2D eigenvalue weighted by atomic mass is 9.92. The van der Waals surface area contributed by atoms with Crippen molar-refractivity contribution in [3.63, 3.8) is 0 Å². The van der Waals surface area contributed by atoms with Crippen LogP contribution in [0.4, 0.5) is 19.0 Å². The zero-order valence-corrected chi connectivity index (χ0v) is 29.2. The highest BCUT2D eigenvalue weighted by molar-refractivity contribution is 7.88. The predicted molar refractivity (Wildman–Crippen MR) is 189 cm³/mol. The van der Waals surface area contributed by atoms with Crippen LogP contribution in [0.2, 0.25) is 0 Å². The summed E-state index contributed by atoms with van der Waals surface area (Å²) in [5.41, 5.74) is -1.13. The molecule has 2 N–H and O–H groups in total. The van der Waals surface area contributed by atoms with Gasteiger partial charge in [-0.25, -0.2) is 21.6 Å². The molecule has 2 bridgehead atoms. The van der Waals surface area contributed by atoms with E-state index < -0.39 is 33.0 Å². The van der Waals surface area contributed by atoms with Crippen LogP contribution in [-0.4, -0.2) is 103 Å². The number of nitrogens with one attached hydrogen (secondary N) is 1. The Morgan fingerprint density at radius 2 is 1.80 bits per heavy atom. The smallest absolute Gasteiger partial charge is 0.319 e. The van der Waals surface area contributed by atoms with Crippen molar-refractivity contribution < 1.29 is 31.4 Å². The molecule has 10 nitrogen and oxygen atoms in total. The maximum atomic E-state index is 17.0. The highest BCUT2D eigenvalue weighted by atomic mass is 32.2. The fourth-order valence-corrected chi connectivity index (χ4v) is 9.45. The summed E-state index contributed by atoms with van der Waals surface area (Å²) >= 11 is 0. The number of aromatic hydroxyl groups is 1. The molecular weight excluding hydrogens is 682 g/mol. The number of sulfonamides is 1. The fourth-order valence-electron chi connectivity index (χ4n) is 8.32. The van der Waals surface area contributed by atoms with Gasteiger partial charge in [-0.2, -0.15) is 14.3 Å². The minimum atomic E-state index is -3.29. The van der Waals surface area contributed by atoms with Crippen LogP contribution < -0.4 is 15.0 Å². The third-order valence-electron chi connectivity index (χ3n) is 10.9. The zero-order chi connectivity index (χ0) is 35.8. The number of fused-ring (bicyclic) bond motifs is 4. The summed E-state index contributed by atoms with van der Waals surface area (Å²) in [4.78, 5) is 13.6. The van der Waals surface area contributed by atoms with E-state index in [1.165, 1.54) is 34.8 Å². The van der Waals surface area contributed by atoms with E-state index in [9.17, 15) is 17.9 Å². The minimum Gasteiger partial charge on any atom is -0.508 e. The van der Waals surface area contributed by atoms with Gasteiger partial charge in [0, 0.05) is 79.1 Å². The van der Waals surface area contributed by atoms with Crippen LogP contribution in [0.25, 0.3) is 32.8 Å². The van der Waals surface area contributed by atoms with Crippen LogP contribution in [0.1, 0.15) is 38.2 Å². The van der Waals surface area contributed by atoms with Crippen LogP contribution in [-0.2, 0) is 10.0 Å². The molecule has 0 radical (unpaired) electrons. The standard InChI is InChI=1S/C37H39F3N6O4S/c1-4-26-29(38)8-5-22-13-25(47)14-27(31(22)26)32-30(39)15-28-34(33(32)40)42-36(43-35(28)45-17-23-6-7-24(18-45)41-23)50-20-37(9-10-37)19-44-11-12-46(21(2)16-44)51(3,48)49/h1,5,8,13-15,21,23-24,41,47H,6-7,9-12,16-20H2,2-3H3/t21-,23?,24?/m0/s1. The van der Waals surface area contributed by atoms with Gasteiger partial charge < -0.3 is 20.1 Å². The van der Waals surface area contributed by atoms with Crippen molar-refractivity contribution in [2.24, 2.45) is 5.41 Å². The predicted octanol–water partition coefficient (Wildman–Crippen LogP) is 4.62. The second-order valence-corrected chi connectivity index (χ2v) is 16.7. The number of hydrogen-bond donors (Lipinski definition) is 2. The van der Waals surface area contributed by atoms with Crippen LogP contribution in [0.3, 0.4) is 0 Å². The molecule has 1 saturated carbocycles. The number of piperazine rings is 2. The first kappa shape index (κ1) is 34.0. The zero-order valence-electron chi connectivity index (χ0n) is 28.4. The number of phenolic OH excluding ortho intramolecular Hbond substituents is 1. The van der Waals surface area contributed by atoms with Gasteiger partial charge in [-0.1, -0.05) is 12.0 Å². The summed E-state index contributed by atoms with van der Waals surface area (Å²) in [6.45, 7) is 5.70. The number of halogens is 3. The molecule has 3 aromatic carbocycles. The molecule has 3 saturated heterocycles. The number of hydrogen-bond acceptors (Lipinski definition) is 9. The average molecular weight is 721 g/mol. The van der Waals surface area contributed by atoms with Crippen molar-refractivity contribution in [1.29, 1.82) is 0 Å². The van der Waals surface area contributed by atoms with Crippen molar-refractivity contribution in [2.75, 3.05) is 57.0 Å². The molecule has 1 aromatic heterocycles. The van der Waals surface area contributed by atoms with Crippen molar-refractivity contribution in [3.05, 3.63) is 53.3 Å². The SMILES string of the molecule is C#Cc1c(F)ccc2cc(O)cc(-c3c(F)cc4c(N5CC6CCC(C5)N6)nc(OCC5(CN6CCN(S(C)(=O)=O)[C@@H](C)C6)CC5)nc4c3F)c12. The van der Waals surface area contributed by atoms with Crippen molar-refractivity contribution in [2.45, 2.75) is 50.7 Å². The monoisotopic (exact) mass is 720 g/mol. The number of nitrogens with zero attached hydrogens (tertiary/aromatic N) is 5. The number of ether oxygens (including phenoxy) is 1. The molecule has 4 aromatic rings. The van der Waals surface area contributed by atoms with Gasteiger partial charge in [-0.3, -0.25) is 4.90 Å². The quantitative estimate of drug-likeness (QED) is 0.252. The Morgan fingerprint density at radius 3 is 2.47 bits per heavy atom. The Kier molecular flexibility index (Phi) is 8.33. The molecule has 3 aliphatic heterocycles. The topological polar surface area (TPSA) is 111 Å². The van der Waals surface area contributed by atoms with E-state index >= 15 is 8.78 Å². The number of terminal acetylenes is 1. The molecule has 1 aliphatic carbocycles. The average Bonchev–Trinajstić information content (AvgIpc) is 3.76. The van der Waals surface area contributed by atoms with Gasteiger partial charge >= 0.3 is 6.01 Å². The summed E-state index contributed by atoms with van der Waals surface area (Å²) < 4.78 is 80.3. The molecule has 2 unspecified atom stereocenters. The fraction of sp³-hybridized carbons (Fsp3) is 0.459. The molecule has 4 aliphatic rings. The maximum absolute atomic E-state index is 17.0. The highest BCUT2D eigenvalue weighted by Gasteiger charge is 2.46. The molecule has 3 atom stereocenters. The van der Waals surface area contributed by atoms with Crippen LogP contribution >= 0.6 is 0 Å². The summed E-state index contributed by atoms with van der Waals surface area (Å²) in [5, 5.41) is 14.7. The second kappa shape index (κ2) is 12.5. The Morgan fingerprint density at radius 1 is 1.06 bits per heavy atom. The lowest BCUT2D eigenvalue weighted by Gasteiger charge is -2.39. The Bertz CT molecular complexity index is 2210. The molecule has 0 amide bonds. The van der Waals surface area contributed by atoms with Gasteiger partial charge in [0.1, 0.15) is 28.7 Å². The molecule has 14 heteroatoms. The Balaban J connectivity index is 1.17. The number of benzene rings is 3. The number of aromatic nitrogens is 2. The van der Waals surface area contributed by atoms with E-state index in [1.807, 2.05) is 11.8 Å². The van der Waals surface area contributed by atoms with E-state index in [0.29, 0.717) is 50.5 Å². The van der Waals surface area contributed by atoms with E-state index in [-0.39, 0.29) is 69.3 Å². The normalized spacial score (nSPS) is 23.5. The van der Waals surface area contributed by atoms with Crippen molar-refractivity contribution in [3.8, 4) is 35.2 Å². The number of rotatable bonds is 8. The van der Waals surface area contributed by atoms with Gasteiger partial charge in [0.15, 0.2) is 5.82 Å². The summed E-state index contributed by atoms with van der Waals surface area (Å²) in [6.07, 6.45) is 10.7. The van der Waals surface area contributed by atoms with Crippen LogP contribution in [0, 0.1) is 35.2 Å². The van der Waals surface area contributed by atoms with Crippen molar-refractivity contribution >= 4 is 37.5 Å². The third-order valence-corrected chi connectivity index (χ3v) is 12.3. The Hall–Kier alpha value is -4.16. The lowest BCUT2D eigenvalue weighted by Crippen LogP contribution is -2.54. The van der Waals surface area contributed by atoms with E-state index in [2.05, 4.69) is 21.1 Å². The molecule has 4 heterocycles. The first-order valence-corrected chi connectivity index (χ1v) is 19.1. The summed E-state index contributed by atoms with van der Waals surface area (Å²) in [5.74, 6) is -0.264. The van der Waals surface area contributed by atoms with Gasteiger partial charge in [-0.15, -0.1) is 6.42 Å². The Labute approximate surface area is 294 Å². The van der Waals surface area contributed by atoms with Gasteiger partial charge in [0.2, 0.25) is 10.0 Å². The molecule has 268 valence electrons. The number of phenols is 1. The molecule has 51 heavy (non-hydrogen) atoms. The van der Waals surface area contributed by atoms with Gasteiger partial charge in [-0.05, 0) is 62.3 Å². The molecule has 0 spiro atoms. The highest BCUT2D eigenvalue weighted by Crippen LogP contribution is 2.47. The molecular formula is C37H39F3N6O4S. The third kappa shape index (κ3) is 6.24. The van der Waals surface area contributed by atoms with E-state index in [0.717, 1.165) is 31.7 Å². The van der Waals surface area contributed by atoms with Crippen molar-refractivity contribution in [1.82, 2.24) is 24.5 Å². The first-order chi connectivity index (χ1) is 24.3. The van der Waals surface area contributed by atoms with E-state index in [4.69, 9.17) is 16.1 Å². The minimum absolute atomic E-state index is 0.0440. The van der Waals surface area contributed by atoms with Gasteiger partial charge in [0.25, 0.3) is 0 Å². The number of anilines is 1. The molecule has 8 rings (SSSR count). The van der Waals surface area contributed by atoms with Crippen LogP contribution in [0.5, 0.6) is 11.8 Å². The summed E-state index contributed by atoms with van der Waals surface area (Å²) in [6, 6.07) is 6.51. The first-order valence-electron chi connectivity index (χ1n) is 17.3. The lowest BCUT2D eigenvalue weighted by molar-refractivity contribution is 0.100. The molecule has 4 fully saturated rings. The summed E-state index contributed by atoms with van der Waals surface area (Å²) in [7, 11) is -3.29. The van der Waals surface area contributed by atoms with E-state index in [1.54, 1.807) is 0 Å². The largest absolute Gasteiger partial charge is 0.508 e.